The normalized spacial score (nSPS) is 15.6. The van der Waals surface area contributed by atoms with Crippen molar-refractivity contribution in [3.63, 3.8) is 0 Å². The minimum atomic E-state index is -0.180. The van der Waals surface area contributed by atoms with Crippen LogP contribution >= 0.6 is 0 Å². The molecule has 0 aliphatic carbocycles. The van der Waals surface area contributed by atoms with Crippen LogP contribution in [0.2, 0.25) is 0 Å². The van der Waals surface area contributed by atoms with Gasteiger partial charge in [0.2, 0.25) is 0 Å². The number of anilines is 1. The number of hydrogen-bond acceptors (Lipinski definition) is 5. The molecule has 0 spiro atoms. The molecule has 1 aliphatic heterocycles. The lowest BCUT2D eigenvalue weighted by atomic mass is 10.2. The predicted octanol–water partition coefficient (Wildman–Crippen LogP) is 1.62. The van der Waals surface area contributed by atoms with E-state index in [0.29, 0.717) is 18.8 Å². The second-order valence-corrected chi connectivity index (χ2v) is 5.28. The summed E-state index contributed by atoms with van der Waals surface area (Å²) in [5.41, 5.74) is 0.367. The van der Waals surface area contributed by atoms with Crippen molar-refractivity contribution in [3.8, 4) is 0 Å². The average molecular weight is 292 g/mol. The van der Waals surface area contributed by atoms with Gasteiger partial charge in [-0.3, -0.25) is 4.79 Å². The highest BCUT2D eigenvalue weighted by Crippen LogP contribution is 2.16. The van der Waals surface area contributed by atoms with Gasteiger partial charge in [-0.15, -0.1) is 10.2 Å². The van der Waals surface area contributed by atoms with Crippen LogP contribution in [-0.4, -0.2) is 49.5 Å². The Morgan fingerprint density at radius 1 is 1.24 bits per heavy atom. The fourth-order valence-corrected chi connectivity index (χ4v) is 2.42. The van der Waals surface area contributed by atoms with Gasteiger partial charge in [-0.25, -0.2) is 0 Å². The number of nitrogens with one attached hydrogen (secondary N) is 1. The van der Waals surface area contributed by atoms with Crippen LogP contribution in [0.5, 0.6) is 0 Å². The van der Waals surface area contributed by atoms with Gasteiger partial charge in [0.25, 0.3) is 5.91 Å². The molecule has 21 heavy (non-hydrogen) atoms. The number of nitrogens with zero attached hydrogens (tertiary/aromatic N) is 3. The maximum absolute atomic E-state index is 11.9. The summed E-state index contributed by atoms with van der Waals surface area (Å²) >= 11 is 0. The highest BCUT2D eigenvalue weighted by molar-refractivity contribution is 5.92. The van der Waals surface area contributed by atoms with Crippen molar-refractivity contribution in [1.82, 2.24) is 15.5 Å². The topological polar surface area (TPSA) is 67.3 Å². The maximum Gasteiger partial charge on any atom is 0.271 e. The fraction of sp³-hybridized carbons (Fsp3) is 0.667. The zero-order valence-corrected chi connectivity index (χ0v) is 12.7. The van der Waals surface area contributed by atoms with Gasteiger partial charge in [0, 0.05) is 33.4 Å². The van der Waals surface area contributed by atoms with Crippen molar-refractivity contribution in [2.24, 2.45) is 0 Å². The van der Waals surface area contributed by atoms with Crippen molar-refractivity contribution in [3.05, 3.63) is 17.8 Å². The van der Waals surface area contributed by atoms with E-state index in [1.165, 1.54) is 25.7 Å². The second-order valence-electron chi connectivity index (χ2n) is 5.28. The summed E-state index contributed by atoms with van der Waals surface area (Å²) in [7, 11) is 1.65. The molecule has 2 rings (SSSR count). The largest absolute Gasteiger partial charge is 0.385 e. The minimum Gasteiger partial charge on any atom is -0.385 e. The number of ether oxygens (including phenoxy) is 1. The smallest absolute Gasteiger partial charge is 0.271 e. The Labute approximate surface area is 125 Å². The summed E-state index contributed by atoms with van der Waals surface area (Å²) in [4.78, 5) is 14.1. The molecule has 6 nitrogen and oxygen atoms in total. The molecule has 1 fully saturated rings. The lowest BCUT2D eigenvalue weighted by molar-refractivity contribution is 0.0942. The maximum atomic E-state index is 11.9. The predicted molar refractivity (Wildman–Crippen MR) is 81.5 cm³/mol. The van der Waals surface area contributed by atoms with E-state index in [0.717, 1.165) is 25.3 Å². The van der Waals surface area contributed by atoms with E-state index < -0.39 is 0 Å². The summed E-state index contributed by atoms with van der Waals surface area (Å²) in [5.74, 6) is 0.689. The quantitative estimate of drug-likeness (QED) is 0.807. The summed E-state index contributed by atoms with van der Waals surface area (Å²) in [6.07, 6.45) is 5.76. The van der Waals surface area contributed by atoms with Gasteiger partial charge in [-0.05, 0) is 31.4 Å². The Balaban J connectivity index is 1.87. The molecular weight excluding hydrogens is 268 g/mol. The molecule has 1 aromatic rings. The number of rotatable bonds is 6. The van der Waals surface area contributed by atoms with Crippen LogP contribution in [0.25, 0.3) is 0 Å². The highest BCUT2D eigenvalue weighted by Gasteiger charge is 2.13. The molecule has 0 saturated carbocycles. The summed E-state index contributed by atoms with van der Waals surface area (Å²) in [6.45, 7) is 3.27. The molecule has 1 amide bonds. The van der Waals surface area contributed by atoms with E-state index in [-0.39, 0.29) is 5.91 Å². The van der Waals surface area contributed by atoms with E-state index in [1.54, 1.807) is 13.2 Å². The van der Waals surface area contributed by atoms with Crippen molar-refractivity contribution in [1.29, 1.82) is 0 Å². The van der Waals surface area contributed by atoms with Gasteiger partial charge in [-0.2, -0.15) is 0 Å². The van der Waals surface area contributed by atoms with E-state index in [4.69, 9.17) is 4.74 Å². The van der Waals surface area contributed by atoms with E-state index >= 15 is 0 Å². The standard InChI is InChI=1S/C15H24N4O2/c1-21-12-6-9-16-15(20)13-7-8-14(18-17-13)19-10-4-2-3-5-11-19/h7-8H,2-6,9-12H2,1H3,(H,16,20). The lowest BCUT2D eigenvalue weighted by Crippen LogP contribution is -2.28. The van der Waals surface area contributed by atoms with Crippen LogP contribution in [0, 0.1) is 0 Å². The molecule has 1 saturated heterocycles. The van der Waals surface area contributed by atoms with Gasteiger partial charge in [0.15, 0.2) is 11.5 Å². The zero-order chi connectivity index (χ0) is 14.9. The molecule has 1 aromatic heterocycles. The Morgan fingerprint density at radius 2 is 2.00 bits per heavy atom. The third kappa shape index (κ3) is 4.97. The first kappa shape index (κ1) is 15.7. The van der Waals surface area contributed by atoms with Crippen LogP contribution < -0.4 is 10.2 Å². The zero-order valence-electron chi connectivity index (χ0n) is 12.7. The highest BCUT2D eigenvalue weighted by atomic mass is 16.5. The number of carbonyl (C=O) groups excluding carboxylic acids is 1. The number of amides is 1. The van der Waals surface area contributed by atoms with Crippen molar-refractivity contribution >= 4 is 11.7 Å². The van der Waals surface area contributed by atoms with Gasteiger partial charge >= 0.3 is 0 Å². The molecule has 0 radical (unpaired) electrons. The third-order valence-electron chi connectivity index (χ3n) is 3.62. The van der Waals surface area contributed by atoms with Crippen molar-refractivity contribution in [2.45, 2.75) is 32.1 Å². The lowest BCUT2D eigenvalue weighted by Gasteiger charge is -2.20. The molecule has 0 atom stereocenters. The van der Waals surface area contributed by atoms with Crippen molar-refractivity contribution in [2.75, 3.05) is 38.3 Å². The Hall–Kier alpha value is -1.69. The molecule has 116 valence electrons. The number of methoxy groups -OCH3 is 1. The minimum absolute atomic E-state index is 0.180. The summed E-state index contributed by atoms with van der Waals surface area (Å²) < 4.78 is 4.94. The summed E-state index contributed by atoms with van der Waals surface area (Å²) in [6, 6.07) is 3.64. The van der Waals surface area contributed by atoms with Gasteiger partial charge < -0.3 is 15.0 Å². The van der Waals surface area contributed by atoms with Gasteiger partial charge in [0.1, 0.15) is 0 Å². The number of hydrogen-bond donors (Lipinski definition) is 1. The van der Waals surface area contributed by atoms with E-state index in [9.17, 15) is 4.79 Å². The SMILES string of the molecule is COCCCNC(=O)c1ccc(N2CCCCCC2)nn1. The molecule has 6 heteroatoms. The first-order chi connectivity index (χ1) is 10.3. The van der Waals surface area contributed by atoms with Crippen LogP contribution in [0.3, 0.4) is 0 Å². The molecular formula is C15H24N4O2. The van der Waals surface area contributed by atoms with Crippen LogP contribution in [0.4, 0.5) is 5.82 Å². The van der Waals surface area contributed by atoms with E-state index in [2.05, 4.69) is 20.4 Å². The molecule has 0 aromatic carbocycles. The van der Waals surface area contributed by atoms with Crippen LogP contribution in [0.15, 0.2) is 12.1 Å². The second kappa shape index (κ2) is 8.56. The summed E-state index contributed by atoms with van der Waals surface area (Å²) in [5, 5.41) is 11.1. The molecule has 2 heterocycles. The third-order valence-corrected chi connectivity index (χ3v) is 3.62. The first-order valence-corrected chi connectivity index (χ1v) is 7.67. The molecule has 1 aliphatic rings. The molecule has 0 bridgehead atoms. The monoisotopic (exact) mass is 292 g/mol. The first-order valence-electron chi connectivity index (χ1n) is 7.67. The van der Waals surface area contributed by atoms with Crippen LogP contribution in [0.1, 0.15) is 42.6 Å². The Bertz CT molecular complexity index is 428. The van der Waals surface area contributed by atoms with Gasteiger partial charge in [-0.1, -0.05) is 12.8 Å². The van der Waals surface area contributed by atoms with Crippen LogP contribution in [-0.2, 0) is 4.74 Å². The number of carbonyl (C=O) groups is 1. The average Bonchev–Trinajstić information content (AvgIpc) is 2.81. The fourth-order valence-electron chi connectivity index (χ4n) is 2.42. The van der Waals surface area contributed by atoms with Crippen molar-refractivity contribution < 1.29 is 9.53 Å². The molecule has 0 unspecified atom stereocenters. The molecule has 1 N–H and O–H groups in total. The Morgan fingerprint density at radius 3 is 2.62 bits per heavy atom. The number of aromatic nitrogens is 2. The Kier molecular flexibility index (Phi) is 6.40. The van der Waals surface area contributed by atoms with Gasteiger partial charge in [0.05, 0.1) is 0 Å². The van der Waals surface area contributed by atoms with E-state index in [1.807, 2.05) is 6.07 Å².